The van der Waals surface area contributed by atoms with Crippen LogP contribution in [0.3, 0.4) is 0 Å². The van der Waals surface area contributed by atoms with E-state index in [1.807, 2.05) is 25.1 Å². The zero-order chi connectivity index (χ0) is 21.2. The van der Waals surface area contributed by atoms with E-state index in [1.54, 1.807) is 17.9 Å². The Morgan fingerprint density at radius 2 is 1.79 bits per heavy atom. The molecule has 0 saturated carbocycles. The average molecular weight is 417 g/mol. The van der Waals surface area contributed by atoms with Crippen LogP contribution >= 0.6 is 0 Å². The molecule has 1 saturated heterocycles. The number of carbonyl (C=O) groups excluding carboxylic acids is 1. The van der Waals surface area contributed by atoms with Gasteiger partial charge in [0.15, 0.2) is 0 Å². The Bertz CT molecular complexity index is 1050. The molecule has 3 rings (SSSR count). The van der Waals surface area contributed by atoms with Gasteiger partial charge in [-0.15, -0.1) is 0 Å². The second-order valence-electron chi connectivity index (χ2n) is 7.13. The van der Waals surface area contributed by atoms with Gasteiger partial charge in [-0.1, -0.05) is 23.8 Å². The molecule has 0 bridgehead atoms. The van der Waals surface area contributed by atoms with Gasteiger partial charge >= 0.3 is 0 Å². The number of nitrogens with zero attached hydrogens (tertiary/aromatic N) is 3. The molecule has 29 heavy (non-hydrogen) atoms. The lowest BCUT2D eigenvalue weighted by atomic mass is 10.1. The van der Waals surface area contributed by atoms with E-state index >= 15 is 0 Å². The van der Waals surface area contributed by atoms with Gasteiger partial charge in [-0.25, -0.2) is 8.42 Å². The molecule has 2 aromatic rings. The highest BCUT2D eigenvalue weighted by atomic mass is 32.2. The summed E-state index contributed by atoms with van der Waals surface area (Å²) in [4.78, 5) is 24.8. The minimum atomic E-state index is -3.90. The summed E-state index contributed by atoms with van der Waals surface area (Å²) in [6, 6.07) is 11.1. The number of benzene rings is 2. The molecule has 9 heteroatoms. The number of nitro groups is 1. The smallest absolute Gasteiger partial charge is 0.270 e. The van der Waals surface area contributed by atoms with Crippen LogP contribution in [0.4, 0.5) is 5.69 Å². The number of carbonyl (C=O) groups is 1. The Morgan fingerprint density at radius 3 is 2.48 bits per heavy atom. The molecular formula is C20H23N3O5S. The minimum Gasteiger partial charge on any atom is -0.337 e. The fourth-order valence-electron chi connectivity index (χ4n) is 3.42. The van der Waals surface area contributed by atoms with Gasteiger partial charge < -0.3 is 4.90 Å². The Balaban J connectivity index is 1.81. The monoisotopic (exact) mass is 417 g/mol. The molecule has 2 aromatic carbocycles. The van der Waals surface area contributed by atoms with E-state index in [-0.39, 0.29) is 36.1 Å². The Hall–Kier alpha value is -2.78. The first-order chi connectivity index (χ1) is 13.7. The predicted octanol–water partition coefficient (Wildman–Crippen LogP) is 2.75. The second kappa shape index (κ2) is 8.30. The Kier molecular flexibility index (Phi) is 5.99. The summed E-state index contributed by atoms with van der Waals surface area (Å²) in [5, 5.41) is 11.1. The molecule has 1 amide bonds. The van der Waals surface area contributed by atoms with E-state index in [0.717, 1.165) is 11.6 Å². The molecule has 0 aromatic heterocycles. The summed E-state index contributed by atoms with van der Waals surface area (Å²) in [6.45, 7) is 4.63. The lowest BCUT2D eigenvalue weighted by Gasteiger charge is -2.22. The van der Waals surface area contributed by atoms with Crippen molar-refractivity contribution in [2.45, 2.75) is 25.2 Å². The summed E-state index contributed by atoms with van der Waals surface area (Å²) >= 11 is 0. The van der Waals surface area contributed by atoms with Crippen LogP contribution in [0.1, 0.15) is 27.9 Å². The first-order valence-corrected chi connectivity index (χ1v) is 10.8. The van der Waals surface area contributed by atoms with E-state index in [2.05, 4.69) is 0 Å². The summed E-state index contributed by atoms with van der Waals surface area (Å²) in [6.07, 6.45) is 0.491. The molecule has 0 unspecified atom stereocenters. The quantitative estimate of drug-likeness (QED) is 0.562. The van der Waals surface area contributed by atoms with Crippen molar-refractivity contribution in [3.8, 4) is 0 Å². The number of hydrogen-bond acceptors (Lipinski definition) is 5. The van der Waals surface area contributed by atoms with Crippen molar-refractivity contribution in [1.82, 2.24) is 9.21 Å². The van der Waals surface area contributed by atoms with Gasteiger partial charge in [0, 0.05) is 43.9 Å². The van der Waals surface area contributed by atoms with Crippen molar-refractivity contribution in [1.29, 1.82) is 0 Å². The number of amides is 1. The largest absolute Gasteiger partial charge is 0.337 e. The van der Waals surface area contributed by atoms with E-state index in [4.69, 9.17) is 0 Å². The highest BCUT2D eigenvalue weighted by Crippen LogP contribution is 2.25. The molecular weight excluding hydrogens is 394 g/mol. The fraction of sp³-hybridized carbons (Fsp3) is 0.350. The lowest BCUT2D eigenvalue weighted by Crippen LogP contribution is -2.37. The first-order valence-electron chi connectivity index (χ1n) is 9.31. The lowest BCUT2D eigenvalue weighted by molar-refractivity contribution is -0.385. The molecule has 1 aliphatic rings. The molecule has 0 spiro atoms. The molecule has 0 N–H and O–H groups in total. The zero-order valence-corrected chi connectivity index (χ0v) is 17.2. The summed E-state index contributed by atoms with van der Waals surface area (Å²) in [5.41, 5.74) is 1.75. The number of sulfonamides is 1. The molecule has 0 atom stereocenters. The van der Waals surface area contributed by atoms with Crippen LogP contribution in [0.25, 0.3) is 0 Å². The molecule has 1 heterocycles. The molecule has 8 nitrogen and oxygen atoms in total. The fourth-order valence-corrected chi connectivity index (χ4v) is 5.13. The maximum atomic E-state index is 13.1. The Labute approximate surface area is 169 Å². The van der Waals surface area contributed by atoms with E-state index in [1.165, 1.54) is 16.4 Å². The minimum absolute atomic E-state index is 0.0647. The summed E-state index contributed by atoms with van der Waals surface area (Å²) in [7, 11) is -3.90. The molecule has 1 aliphatic heterocycles. The maximum Gasteiger partial charge on any atom is 0.270 e. The van der Waals surface area contributed by atoms with Crippen molar-refractivity contribution in [3.63, 3.8) is 0 Å². The molecule has 1 fully saturated rings. The van der Waals surface area contributed by atoms with Gasteiger partial charge in [0.2, 0.25) is 10.0 Å². The highest BCUT2D eigenvalue weighted by Gasteiger charge is 2.30. The van der Waals surface area contributed by atoms with E-state index < -0.39 is 14.9 Å². The highest BCUT2D eigenvalue weighted by molar-refractivity contribution is 7.89. The van der Waals surface area contributed by atoms with Crippen molar-refractivity contribution in [2.75, 3.05) is 26.2 Å². The van der Waals surface area contributed by atoms with Crippen LogP contribution in [0.2, 0.25) is 0 Å². The first kappa shape index (κ1) is 20.9. The van der Waals surface area contributed by atoms with Crippen molar-refractivity contribution in [2.24, 2.45) is 0 Å². The number of rotatable bonds is 4. The molecule has 0 aliphatic carbocycles. The zero-order valence-electron chi connectivity index (χ0n) is 16.4. The number of non-ortho nitro benzene ring substituents is 1. The van der Waals surface area contributed by atoms with Crippen LogP contribution in [0.5, 0.6) is 0 Å². The maximum absolute atomic E-state index is 13.1. The van der Waals surface area contributed by atoms with Gasteiger partial charge in [0.25, 0.3) is 11.6 Å². The van der Waals surface area contributed by atoms with Gasteiger partial charge in [0.1, 0.15) is 0 Å². The van der Waals surface area contributed by atoms with Crippen LogP contribution in [0.15, 0.2) is 47.4 Å². The van der Waals surface area contributed by atoms with Gasteiger partial charge in [-0.3, -0.25) is 14.9 Å². The van der Waals surface area contributed by atoms with Gasteiger partial charge in [-0.05, 0) is 38.0 Å². The summed E-state index contributed by atoms with van der Waals surface area (Å²) < 4.78 is 27.6. The number of nitro benzene ring substituents is 1. The SMILES string of the molecule is Cc1cccc(C(=O)N2CCCN(S(=O)(=O)c3cc([N+](=O)[O-])ccc3C)CC2)c1. The van der Waals surface area contributed by atoms with Crippen molar-refractivity contribution in [3.05, 3.63) is 69.3 Å². The molecule has 0 radical (unpaired) electrons. The normalized spacial score (nSPS) is 15.7. The van der Waals surface area contributed by atoms with Gasteiger partial charge in [0.05, 0.1) is 9.82 Å². The standard InChI is InChI=1S/C20H23N3O5S/c1-15-5-3-6-17(13-15)20(24)21-9-4-10-22(12-11-21)29(27,28)19-14-18(23(25)26)8-7-16(19)2/h3,5-8,13-14H,4,9-12H2,1-2H3. The van der Waals surface area contributed by atoms with Crippen LogP contribution in [0, 0.1) is 24.0 Å². The van der Waals surface area contributed by atoms with Crippen LogP contribution < -0.4 is 0 Å². The number of hydrogen-bond donors (Lipinski definition) is 0. The topological polar surface area (TPSA) is 101 Å². The predicted molar refractivity (Wildman–Crippen MR) is 108 cm³/mol. The van der Waals surface area contributed by atoms with E-state index in [9.17, 15) is 23.3 Å². The third-order valence-corrected chi connectivity index (χ3v) is 7.05. The van der Waals surface area contributed by atoms with Crippen LogP contribution in [-0.2, 0) is 10.0 Å². The van der Waals surface area contributed by atoms with Crippen molar-refractivity contribution < 1.29 is 18.1 Å². The molecule has 154 valence electrons. The Morgan fingerprint density at radius 1 is 1.03 bits per heavy atom. The summed E-state index contributed by atoms with van der Waals surface area (Å²) in [5.74, 6) is -0.125. The van der Waals surface area contributed by atoms with Crippen molar-refractivity contribution >= 4 is 21.6 Å². The van der Waals surface area contributed by atoms with Crippen LogP contribution in [-0.4, -0.2) is 54.6 Å². The second-order valence-corrected chi connectivity index (χ2v) is 9.03. The third kappa shape index (κ3) is 4.46. The number of aryl methyl sites for hydroxylation is 2. The average Bonchev–Trinajstić information content (AvgIpc) is 2.94. The third-order valence-electron chi connectivity index (χ3n) is 5.01. The van der Waals surface area contributed by atoms with Gasteiger partial charge in [-0.2, -0.15) is 4.31 Å². The van der Waals surface area contributed by atoms with E-state index in [0.29, 0.717) is 24.1 Å².